The highest BCUT2D eigenvalue weighted by molar-refractivity contribution is 5.85. The van der Waals surface area contributed by atoms with Crippen molar-refractivity contribution in [3.8, 4) is 0 Å². The normalized spacial score (nSPS) is 28.4. The molecule has 0 aliphatic carbocycles. The van der Waals surface area contributed by atoms with Gasteiger partial charge in [-0.3, -0.25) is 0 Å². The third-order valence-corrected chi connectivity index (χ3v) is 1.53. The van der Waals surface area contributed by atoms with Crippen LogP contribution < -0.4 is 16.8 Å². The van der Waals surface area contributed by atoms with Gasteiger partial charge in [-0.05, 0) is 12.5 Å². The van der Waals surface area contributed by atoms with Crippen molar-refractivity contribution >= 4 is 18.4 Å². The summed E-state index contributed by atoms with van der Waals surface area (Å²) in [7, 11) is 0. The van der Waals surface area contributed by atoms with Crippen molar-refractivity contribution in [2.45, 2.75) is 19.0 Å². The van der Waals surface area contributed by atoms with E-state index in [1.807, 2.05) is 6.92 Å². The van der Waals surface area contributed by atoms with Gasteiger partial charge in [0.2, 0.25) is 0 Å². The minimum absolute atomic E-state index is 0. The molecule has 0 spiro atoms. The first-order valence-electron chi connectivity index (χ1n) is 3.24. The van der Waals surface area contributed by atoms with E-state index in [9.17, 15) is 0 Å². The molecule has 0 fully saturated rings. The van der Waals surface area contributed by atoms with Gasteiger partial charge in [-0.1, -0.05) is 6.92 Å². The summed E-state index contributed by atoms with van der Waals surface area (Å²) in [5, 5.41) is 2.86. The lowest BCUT2D eigenvalue weighted by molar-refractivity contribution is 0.467. The molecular formula is C6H13ClN4. The number of nitrogens with two attached hydrogens (primary N) is 2. The van der Waals surface area contributed by atoms with Gasteiger partial charge in [0.25, 0.3) is 0 Å². The van der Waals surface area contributed by atoms with E-state index in [0.717, 1.165) is 6.42 Å². The van der Waals surface area contributed by atoms with Gasteiger partial charge in [-0.2, -0.15) is 0 Å². The van der Waals surface area contributed by atoms with Gasteiger partial charge < -0.3 is 16.8 Å². The largest absolute Gasteiger partial charge is 0.370 e. The molecule has 1 atom stereocenters. The van der Waals surface area contributed by atoms with Crippen LogP contribution in [0.3, 0.4) is 0 Å². The highest BCUT2D eigenvalue weighted by Gasteiger charge is 2.20. The molecule has 5 N–H and O–H groups in total. The molecule has 11 heavy (non-hydrogen) atoms. The van der Waals surface area contributed by atoms with Crippen LogP contribution in [0.1, 0.15) is 13.3 Å². The number of aliphatic imine (C=N–C) groups is 1. The van der Waals surface area contributed by atoms with Gasteiger partial charge in [0.05, 0.1) is 0 Å². The molecule has 0 radical (unpaired) electrons. The number of hydrogen-bond acceptors (Lipinski definition) is 4. The van der Waals surface area contributed by atoms with E-state index < -0.39 is 5.66 Å². The number of hydrogen-bond donors (Lipinski definition) is 3. The number of guanidine groups is 1. The van der Waals surface area contributed by atoms with Crippen LogP contribution in [-0.4, -0.2) is 11.6 Å². The molecule has 0 aromatic rings. The summed E-state index contributed by atoms with van der Waals surface area (Å²) in [5.41, 5.74) is 10.7. The van der Waals surface area contributed by atoms with Crippen molar-refractivity contribution in [1.29, 1.82) is 0 Å². The summed E-state index contributed by atoms with van der Waals surface area (Å²) in [4.78, 5) is 3.80. The second kappa shape index (κ2) is 3.59. The molecule has 1 unspecified atom stereocenters. The summed E-state index contributed by atoms with van der Waals surface area (Å²) in [6, 6.07) is 0. The fourth-order valence-electron chi connectivity index (χ4n) is 0.769. The SMILES string of the molecule is CCC1(N)C=CN=C(N)N1.Cl. The highest BCUT2D eigenvalue weighted by Crippen LogP contribution is 2.06. The van der Waals surface area contributed by atoms with Crippen molar-refractivity contribution in [1.82, 2.24) is 5.32 Å². The van der Waals surface area contributed by atoms with E-state index in [2.05, 4.69) is 10.3 Å². The summed E-state index contributed by atoms with van der Waals surface area (Å²) in [6.45, 7) is 1.98. The van der Waals surface area contributed by atoms with Crippen molar-refractivity contribution in [3.05, 3.63) is 12.3 Å². The zero-order valence-corrected chi connectivity index (χ0v) is 7.19. The average Bonchev–Trinajstić information content (AvgIpc) is 1.88. The van der Waals surface area contributed by atoms with Gasteiger partial charge in [0.1, 0.15) is 5.66 Å². The first kappa shape index (κ1) is 10.3. The Hall–Kier alpha value is -0.740. The van der Waals surface area contributed by atoms with E-state index in [1.54, 1.807) is 12.3 Å². The lowest BCUT2D eigenvalue weighted by atomic mass is 10.1. The molecule has 1 aliphatic rings. The molecule has 5 heteroatoms. The molecule has 0 bridgehead atoms. The van der Waals surface area contributed by atoms with E-state index in [-0.39, 0.29) is 12.4 Å². The van der Waals surface area contributed by atoms with Crippen molar-refractivity contribution in [2.75, 3.05) is 0 Å². The number of nitrogens with zero attached hydrogens (tertiary/aromatic N) is 1. The monoisotopic (exact) mass is 176 g/mol. The highest BCUT2D eigenvalue weighted by atomic mass is 35.5. The third kappa shape index (κ3) is 2.40. The lowest BCUT2D eigenvalue weighted by Crippen LogP contribution is -2.57. The molecule has 1 heterocycles. The quantitative estimate of drug-likeness (QED) is 0.523. The molecule has 1 aliphatic heterocycles. The molecule has 0 amide bonds. The zero-order valence-electron chi connectivity index (χ0n) is 6.37. The predicted molar refractivity (Wildman–Crippen MR) is 48.4 cm³/mol. The fraction of sp³-hybridized carbons (Fsp3) is 0.500. The Balaban J connectivity index is 0.000001000. The van der Waals surface area contributed by atoms with Crippen molar-refractivity contribution in [3.63, 3.8) is 0 Å². The summed E-state index contributed by atoms with van der Waals surface area (Å²) >= 11 is 0. The Morgan fingerprint density at radius 3 is 2.73 bits per heavy atom. The smallest absolute Gasteiger partial charge is 0.194 e. The minimum atomic E-state index is -0.494. The fourth-order valence-corrected chi connectivity index (χ4v) is 0.769. The average molecular weight is 177 g/mol. The van der Waals surface area contributed by atoms with Gasteiger partial charge >= 0.3 is 0 Å². The first-order chi connectivity index (χ1) is 4.66. The Morgan fingerprint density at radius 1 is 1.73 bits per heavy atom. The van der Waals surface area contributed by atoms with Crippen LogP contribution in [0.15, 0.2) is 17.3 Å². The second-order valence-corrected chi connectivity index (χ2v) is 2.35. The maximum Gasteiger partial charge on any atom is 0.194 e. The van der Waals surface area contributed by atoms with Crippen LogP contribution in [0, 0.1) is 0 Å². The van der Waals surface area contributed by atoms with Crippen LogP contribution >= 0.6 is 12.4 Å². The number of rotatable bonds is 1. The molecule has 64 valence electrons. The second-order valence-electron chi connectivity index (χ2n) is 2.35. The molecule has 0 aromatic heterocycles. The summed E-state index contributed by atoms with van der Waals surface area (Å²) < 4.78 is 0. The van der Waals surface area contributed by atoms with Gasteiger partial charge in [0.15, 0.2) is 5.96 Å². The van der Waals surface area contributed by atoms with Crippen LogP contribution in [0.5, 0.6) is 0 Å². The summed E-state index contributed by atoms with van der Waals surface area (Å²) in [6.07, 6.45) is 4.21. The standard InChI is InChI=1S/C6H12N4.ClH/c1-2-6(8)3-4-9-5(7)10-6;/h3-4H,2,8H2,1H3,(H3,7,9,10);1H. The minimum Gasteiger partial charge on any atom is -0.370 e. The predicted octanol–water partition coefficient (Wildman–Crippen LogP) is -0.0952. The number of nitrogens with one attached hydrogen (secondary N) is 1. The van der Waals surface area contributed by atoms with Crippen LogP contribution in [0.4, 0.5) is 0 Å². The van der Waals surface area contributed by atoms with Crippen molar-refractivity contribution < 1.29 is 0 Å². The van der Waals surface area contributed by atoms with Gasteiger partial charge in [-0.25, -0.2) is 4.99 Å². The zero-order chi connectivity index (χ0) is 7.61. The van der Waals surface area contributed by atoms with Crippen molar-refractivity contribution in [2.24, 2.45) is 16.5 Å². The van der Waals surface area contributed by atoms with Crippen LogP contribution in [-0.2, 0) is 0 Å². The molecule has 4 nitrogen and oxygen atoms in total. The third-order valence-electron chi connectivity index (χ3n) is 1.53. The Bertz CT molecular complexity index is 189. The van der Waals surface area contributed by atoms with Gasteiger partial charge in [0, 0.05) is 6.20 Å². The van der Waals surface area contributed by atoms with E-state index in [1.165, 1.54) is 0 Å². The molecule has 1 rings (SSSR count). The Labute approximate surface area is 72.1 Å². The topological polar surface area (TPSA) is 76.4 Å². The lowest BCUT2D eigenvalue weighted by Gasteiger charge is -2.28. The first-order valence-corrected chi connectivity index (χ1v) is 3.24. The van der Waals surface area contributed by atoms with Crippen LogP contribution in [0.2, 0.25) is 0 Å². The summed E-state index contributed by atoms with van der Waals surface area (Å²) in [5.74, 6) is 0.381. The molecule has 0 saturated carbocycles. The molecular weight excluding hydrogens is 164 g/mol. The maximum absolute atomic E-state index is 5.79. The maximum atomic E-state index is 5.79. The van der Waals surface area contributed by atoms with E-state index in [0.29, 0.717) is 5.96 Å². The Kier molecular flexibility index (Phi) is 3.35. The van der Waals surface area contributed by atoms with E-state index in [4.69, 9.17) is 11.5 Å². The Morgan fingerprint density at radius 2 is 2.36 bits per heavy atom. The number of halogens is 1. The molecule has 0 saturated heterocycles. The van der Waals surface area contributed by atoms with E-state index >= 15 is 0 Å². The van der Waals surface area contributed by atoms with Crippen LogP contribution in [0.25, 0.3) is 0 Å². The van der Waals surface area contributed by atoms with Gasteiger partial charge in [-0.15, -0.1) is 12.4 Å². The molecule has 0 aromatic carbocycles.